The van der Waals surface area contributed by atoms with Crippen LogP contribution in [0, 0.1) is 0 Å². The van der Waals surface area contributed by atoms with Gasteiger partial charge in [0, 0.05) is 23.7 Å². The Balaban J connectivity index is 2.03. The Morgan fingerprint density at radius 2 is 1.81 bits per heavy atom. The van der Waals surface area contributed by atoms with Crippen LogP contribution in [0.25, 0.3) is 6.08 Å². The Morgan fingerprint density at radius 1 is 1.15 bits per heavy atom. The second-order valence-electron chi connectivity index (χ2n) is 6.87. The van der Waals surface area contributed by atoms with Crippen molar-refractivity contribution in [1.82, 2.24) is 4.90 Å². The van der Waals surface area contributed by atoms with Gasteiger partial charge >= 0.3 is 5.97 Å². The number of likely N-dealkylation sites (tertiary alicyclic amines) is 1. The lowest BCUT2D eigenvalue weighted by atomic mass is 9.97. The van der Waals surface area contributed by atoms with Gasteiger partial charge in [-0.1, -0.05) is 12.1 Å². The summed E-state index contributed by atoms with van der Waals surface area (Å²) in [7, 11) is 3.09. The molecule has 1 aromatic rings. The second kappa shape index (κ2) is 9.44. The van der Waals surface area contributed by atoms with E-state index in [4.69, 9.17) is 14.2 Å². The largest absolute Gasteiger partial charge is 0.493 e. The first-order chi connectivity index (χ1) is 12.9. The van der Waals surface area contributed by atoms with E-state index in [0.717, 1.165) is 19.3 Å². The molecule has 1 fully saturated rings. The molecule has 3 atom stereocenters. The molecular weight excluding hydrogens is 346 g/mol. The van der Waals surface area contributed by atoms with Gasteiger partial charge in [0.15, 0.2) is 17.6 Å². The van der Waals surface area contributed by atoms with Gasteiger partial charge in [-0.3, -0.25) is 4.79 Å². The van der Waals surface area contributed by atoms with E-state index in [9.17, 15) is 9.59 Å². The van der Waals surface area contributed by atoms with Crippen molar-refractivity contribution in [3.63, 3.8) is 0 Å². The van der Waals surface area contributed by atoms with E-state index >= 15 is 0 Å². The molecule has 0 N–H and O–H groups in total. The van der Waals surface area contributed by atoms with Gasteiger partial charge in [0.1, 0.15) is 0 Å². The highest BCUT2D eigenvalue weighted by molar-refractivity contribution is 5.91. The number of hydrogen-bond donors (Lipinski definition) is 0. The summed E-state index contributed by atoms with van der Waals surface area (Å²) in [5.74, 6) is 0.391. The molecule has 1 aliphatic heterocycles. The first kappa shape index (κ1) is 20.8. The Bertz CT molecular complexity index is 690. The number of methoxy groups -OCH3 is 2. The zero-order valence-electron chi connectivity index (χ0n) is 16.7. The summed E-state index contributed by atoms with van der Waals surface area (Å²) in [5, 5.41) is 0. The molecule has 1 saturated heterocycles. The maximum Gasteiger partial charge on any atom is 0.331 e. The number of rotatable bonds is 6. The number of hydrogen-bond acceptors (Lipinski definition) is 5. The fraction of sp³-hybridized carbons (Fsp3) is 0.524. The van der Waals surface area contributed by atoms with Gasteiger partial charge in [-0.05, 0) is 52.2 Å². The van der Waals surface area contributed by atoms with E-state index in [1.165, 1.54) is 13.2 Å². The van der Waals surface area contributed by atoms with Gasteiger partial charge in [-0.15, -0.1) is 0 Å². The number of ether oxygens (including phenoxy) is 3. The monoisotopic (exact) mass is 375 g/mol. The summed E-state index contributed by atoms with van der Waals surface area (Å²) < 4.78 is 15.9. The standard InChI is InChI=1S/C21H29NO5/c1-14-8-6-9-15(2)22(14)21(24)16(3)27-19(23)13-12-17-10-7-11-18(25-4)20(17)26-5/h7,10-16H,6,8-9H2,1-5H3/b13-12+/t14-,15-,16-/m1/s1. The van der Waals surface area contributed by atoms with Crippen molar-refractivity contribution in [1.29, 1.82) is 0 Å². The van der Waals surface area contributed by atoms with E-state index in [1.807, 2.05) is 18.7 Å². The molecule has 1 aliphatic rings. The van der Waals surface area contributed by atoms with Crippen LogP contribution in [0.5, 0.6) is 11.5 Å². The van der Waals surface area contributed by atoms with Crippen LogP contribution in [0.1, 0.15) is 45.6 Å². The van der Waals surface area contributed by atoms with Crippen LogP contribution in [0.15, 0.2) is 24.3 Å². The van der Waals surface area contributed by atoms with Crippen molar-refractivity contribution in [2.45, 2.75) is 58.2 Å². The predicted molar refractivity (Wildman–Crippen MR) is 104 cm³/mol. The summed E-state index contributed by atoms with van der Waals surface area (Å²) in [5.41, 5.74) is 0.686. The maximum absolute atomic E-state index is 12.7. The molecule has 1 aromatic carbocycles. The third-order valence-electron chi connectivity index (χ3n) is 4.92. The average molecular weight is 375 g/mol. The smallest absolute Gasteiger partial charge is 0.331 e. The van der Waals surface area contributed by atoms with Crippen molar-refractivity contribution >= 4 is 18.0 Å². The van der Waals surface area contributed by atoms with Crippen LogP contribution in [-0.4, -0.2) is 49.2 Å². The fourth-order valence-corrected chi connectivity index (χ4v) is 3.53. The van der Waals surface area contributed by atoms with Crippen LogP contribution < -0.4 is 9.47 Å². The van der Waals surface area contributed by atoms with E-state index < -0.39 is 12.1 Å². The Morgan fingerprint density at radius 3 is 2.41 bits per heavy atom. The molecule has 2 rings (SSSR count). The number of carbonyl (C=O) groups is 2. The number of piperidine rings is 1. The number of benzene rings is 1. The molecule has 0 bridgehead atoms. The van der Waals surface area contributed by atoms with E-state index in [1.54, 1.807) is 38.3 Å². The minimum absolute atomic E-state index is 0.143. The molecule has 6 nitrogen and oxygen atoms in total. The topological polar surface area (TPSA) is 65.1 Å². The Hall–Kier alpha value is -2.50. The van der Waals surface area contributed by atoms with Crippen molar-refractivity contribution in [3.05, 3.63) is 29.8 Å². The van der Waals surface area contributed by atoms with Crippen LogP contribution >= 0.6 is 0 Å². The highest BCUT2D eigenvalue weighted by Crippen LogP contribution is 2.31. The number of nitrogens with zero attached hydrogens (tertiary/aromatic N) is 1. The minimum atomic E-state index is -0.822. The normalized spacial score (nSPS) is 21.0. The van der Waals surface area contributed by atoms with E-state index in [0.29, 0.717) is 17.1 Å². The lowest BCUT2D eigenvalue weighted by molar-refractivity contribution is -0.158. The molecule has 0 spiro atoms. The first-order valence-electron chi connectivity index (χ1n) is 9.30. The van der Waals surface area contributed by atoms with Crippen molar-refractivity contribution < 1.29 is 23.8 Å². The Labute approximate surface area is 161 Å². The third kappa shape index (κ3) is 5.02. The quantitative estimate of drug-likeness (QED) is 0.563. The molecule has 0 aromatic heterocycles. The fourth-order valence-electron chi connectivity index (χ4n) is 3.53. The lowest BCUT2D eigenvalue weighted by Gasteiger charge is -2.40. The molecule has 1 amide bonds. The molecule has 1 heterocycles. The molecule has 27 heavy (non-hydrogen) atoms. The summed E-state index contributed by atoms with van der Waals surface area (Å²) >= 11 is 0. The van der Waals surface area contributed by atoms with Crippen molar-refractivity contribution in [2.75, 3.05) is 14.2 Å². The average Bonchev–Trinajstić information content (AvgIpc) is 2.65. The van der Waals surface area contributed by atoms with Gasteiger partial charge < -0.3 is 19.1 Å². The summed E-state index contributed by atoms with van der Waals surface area (Å²) in [6.45, 7) is 5.70. The molecule has 0 radical (unpaired) electrons. The molecule has 0 aliphatic carbocycles. The van der Waals surface area contributed by atoms with Crippen molar-refractivity contribution in [3.8, 4) is 11.5 Å². The number of amides is 1. The van der Waals surface area contributed by atoms with Gasteiger partial charge in [0.2, 0.25) is 0 Å². The zero-order valence-corrected chi connectivity index (χ0v) is 16.7. The van der Waals surface area contributed by atoms with E-state index in [-0.39, 0.29) is 18.0 Å². The van der Waals surface area contributed by atoms with Crippen LogP contribution in [0.4, 0.5) is 0 Å². The number of para-hydroxylation sites is 1. The van der Waals surface area contributed by atoms with Gasteiger partial charge in [0.05, 0.1) is 14.2 Å². The molecule has 148 valence electrons. The highest BCUT2D eigenvalue weighted by Gasteiger charge is 2.32. The van der Waals surface area contributed by atoms with Gasteiger partial charge in [0.25, 0.3) is 5.91 Å². The summed E-state index contributed by atoms with van der Waals surface area (Å²) in [6.07, 6.45) is 5.14. The molecule has 0 unspecified atom stereocenters. The van der Waals surface area contributed by atoms with Gasteiger partial charge in [-0.2, -0.15) is 0 Å². The lowest BCUT2D eigenvalue weighted by Crippen LogP contribution is -2.51. The third-order valence-corrected chi connectivity index (χ3v) is 4.92. The predicted octanol–water partition coefficient (Wildman–Crippen LogP) is 3.44. The molecule has 0 saturated carbocycles. The van der Waals surface area contributed by atoms with Crippen LogP contribution in [-0.2, 0) is 14.3 Å². The second-order valence-corrected chi connectivity index (χ2v) is 6.87. The number of carbonyl (C=O) groups excluding carboxylic acids is 2. The van der Waals surface area contributed by atoms with Gasteiger partial charge in [-0.25, -0.2) is 4.79 Å². The minimum Gasteiger partial charge on any atom is -0.493 e. The summed E-state index contributed by atoms with van der Waals surface area (Å²) in [4.78, 5) is 26.7. The number of esters is 1. The molecular formula is C21H29NO5. The maximum atomic E-state index is 12.7. The van der Waals surface area contributed by atoms with Crippen LogP contribution in [0.3, 0.4) is 0 Å². The highest BCUT2D eigenvalue weighted by atomic mass is 16.5. The zero-order chi connectivity index (χ0) is 20.0. The van der Waals surface area contributed by atoms with Crippen LogP contribution in [0.2, 0.25) is 0 Å². The SMILES string of the molecule is COc1cccc(/C=C/C(=O)O[C@H](C)C(=O)N2[C@H](C)CCC[C@H]2C)c1OC. The van der Waals surface area contributed by atoms with E-state index in [2.05, 4.69) is 0 Å². The summed E-state index contributed by atoms with van der Waals surface area (Å²) in [6, 6.07) is 5.71. The Kier molecular flexibility index (Phi) is 7.28. The first-order valence-corrected chi connectivity index (χ1v) is 9.30. The molecule has 6 heteroatoms. The van der Waals surface area contributed by atoms with Crippen molar-refractivity contribution in [2.24, 2.45) is 0 Å².